The van der Waals surface area contributed by atoms with Crippen molar-refractivity contribution in [3.05, 3.63) is 358 Å². The minimum absolute atomic E-state index is 0.106. The van der Waals surface area contributed by atoms with E-state index in [0.29, 0.717) is 110 Å². The van der Waals surface area contributed by atoms with Gasteiger partial charge in [0.1, 0.15) is 23.3 Å². The minimum Gasteiger partial charge on any atom is -0.399 e. The summed E-state index contributed by atoms with van der Waals surface area (Å²) in [4.78, 5) is 76.8. The lowest BCUT2D eigenvalue weighted by molar-refractivity contribution is -0.111. The van der Waals surface area contributed by atoms with E-state index in [1.165, 1.54) is 30.6 Å². The predicted octanol–water partition coefficient (Wildman–Crippen LogP) is 16.2. The SMILES string of the molecule is C=C(Nc1ccc(Cl)c(C(=O)Nc2cnc(Cc3cccc(N)c3)nc2)c1)c1cccc(C)c1.C=C(Nc1ccc(F)c(C(=O)Nc2cnc(Cc3cccc(N)c3)nc2)c1)c1cccc(C)c1.Cc1ccc(NC(=O)/C=C/c2ccccc2)cc1C(=O)Nc1cnc(Cc2cccc(N)c2)nc1. The van der Waals surface area contributed by atoms with Gasteiger partial charge in [0.2, 0.25) is 5.91 Å². The molecule has 0 radical (unpaired) electrons. The predicted molar refractivity (Wildman–Crippen MR) is 412 cm³/mol. The number of hydrogen-bond acceptors (Lipinski definition) is 15. The van der Waals surface area contributed by atoms with Gasteiger partial charge in [-0.1, -0.05) is 145 Å². The molecule has 0 fully saturated rings. The first kappa shape index (κ1) is 72.3. The fourth-order valence-corrected chi connectivity index (χ4v) is 10.6. The molecule has 0 atom stereocenters. The first-order valence-corrected chi connectivity index (χ1v) is 32.8. The molecule has 12 aromatic rings. The number of nitrogens with one attached hydrogen (secondary N) is 6. The summed E-state index contributed by atoms with van der Waals surface area (Å²) >= 11 is 6.31. The first-order valence-electron chi connectivity index (χ1n) is 32.4. The van der Waals surface area contributed by atoms with Crippen molar-refractivity contribution < 1.29 is 23.6 Å². The zero-order valence-electron chi connectivity index (χ0n) is 56.6. The van der Waals surface area contributed by atoms with E-state index >= 15 is 0 Å². The highest BCUT2D eigenvalue weighted by atomic mass is 35.5. The lowest BCUT2D eigenvalue weighted by Gasteiger charge is -2.13. The highest BCUT2D eigenvalue weighted by Crippen LogP contribution is 2.27. The zero-order chi connectivity index (χ0) is 72.8. The van der Waals surface area contributed by atoms with Crippen molar-refractivity contribution in [2.45, 2.75) is 40.0 Å². The Morgan fingerprint density at radius 1 is 0.408 bits per heavy atom. The minimum atomic E-state index is -0.636. The Labute approximate surface area is 601 Å². The molecule has 0 saturated carbocycles. The second-order valence-corrected chi connectivity index (χ2v) is 24.3. The van der Waals surface area contributed by atoms with Gasteiger partial charge < -0.3 is 49.1 Å². The average molecular weight is 1390 g/mol. The van der Waals surface area contributed by atoms with Crippen LogP contribution in [0.5, 0.6) is 0 Å². The van der Waals surface area contributed by atoms with Crippen LogP contribution in [0.1, 0.15) is 98.6 Å². The van der Waals surface area contributed by atoms with Crippen LogP contribution in [0.3, 0.4) is 0 Å². The highest BCUT2D eigenvalue weighted by molar-refractivity contribution is 6.34. The number of amides is 4. The molecule has 0 bridgehead atoms. The quantitative estimate of drug-likeness (QED) is 0.0239. The number of rotatable bonds is 21. The molecule has 3 heterocycles. The van der Waals surface area contributed by atoms with Crippen LogP contribution in [0.25, 0.3) is 17.5 Å². The Morgan fingerprint density at radius 2 is 0.796 bits per heavy atom. The van der Waals surface area contributed by atoms with E-state index in [1.807, 2.05) is 172 Å². The number of nitrogen functional groups attached to an aromatic ring is 3. The maximum absolute atomic E-state index is 14.4. The van der Waals surface area contributed by atoms with Crippen LogP contribution in [-0.2, 0) is 24.1 Å². The molecule has 0 unspecified atom stereocenters. The fraction of sp³-hybridized carbons (Fsp3) is 0.0732. The molecule has 3 aromatic heterocycles. The summed E-state index contributed by atoms with van der Waals surface area (Å²) in [6.45, 7) is 14.0. The zero-order valence-corrected chi connectivity index (χ0v) is 57.3. The van der Waals surface area contributed by atoms with Crippen molar-refractivity contribution in [2.75, 3.05) is 49.1 Å². The van der Waals surface area contributed by atoms with E-state index in [4.69, 9.17) is 28.8 Å². The first-order chi connectivity index (χ1) is 49.7. The van der Waals surface area contributed by atoms with Crippen molar-refractivity contribution in [1.29, 1.82) is 0 Å². The van der Waals surface area contributed by atoms with Crippen LogP contribution in [0.15, 0.2) is 263 Å². The normalized spacial score (nSPS) is 10.6. The second-order valence-electron chi connectivity index (χ2n) is 23.9. The van der Waals surface area contributed by atoms with E-state index in [1.54, 1.807) is 73.3 Å². The summed E-state index contributed by atoms with van der Waals surface area (Å²) < 4.78 is 14.4. The second kappa shape index (κ2) is 34.8. The molecule has 12 N–H and O–H groups in total. The highest BCUT2D eigenvalue weighted by Gasteiger charge is 2.18. The van der Waals surface area contributed by atoms with Gasteiger partial charge in [-0.15, -0.1) is 0 Å². The molecule has 21 heteroatoms. The Bertz CT molecular complexity index is 4870. The molecule has 0 aliphatic rings. The maximum atomic E-state index is 14.4. The van der Waals surface area contributed by atoms with Gasteiger partial charge >= 0.3 is 0 Å². The third-order valence-electron chi connectivity index (χ3n) is 15.6. The Hall–Kier alpha value is -13.5. The summed E-state index contributed by atoms with van der Waals surface area (Å²) in [6, 6.07) is 62.6. The molecule has 9 aromatic carbocycles. The number of benzene rings is 9. The number of carbonyl (C=O) groups is 4. The van der Waals surface area contributed by atoms with Crippen molar-refractivity contribution in [2.24, 2.45) is 0 Å². The van der Waals surface area contributed by atoms with E-state index in [9.17, 15) is 23.6 Å². The maximum Gasteiger partial charge on any atom is 0.258 e. The van der Waals surface area contributed by atoms with Gasteiger partial charge in [-0.25, -0.2) is 34.3 Å². The smallest absolute Gasteiger partial charge is 0.258 e. The molecular weight excluding hydrogens is 1310 g/mol. The molecule has 4 amide bonds. The Morgan fingerprint density at radius 3 is 1.24 bits per heavy atom. The van der Waals surface area contributed by atoms with Gasteiger partial charge in [0, 0.05) is 76.4 Å². The number of aromatic nitrogens is 6. The number of anilines is 9. The third-order valence-corrected chi connectivity index (χ3v) is 15.9. The van der Waals surface area contributed by atoms with Crippen LogP contribution >= 0.6 is 11.6 Å². The van der Waals surface area contributed by atoms with Crippen molar-refractivity contribution in [3.63, 3.8) is 0 Å². The van der Waals surface area contributed by atoms with Crippen LogP contribution in [0.4, 0.5) is 55.6 Å². The lowest BCUT2D eigenvalue weighted by Crippen LogP contribution is -2.15. The van der Waals surface area contributed by atoms with Gasteiger partial charge in [-0.2, -0.15) is 0 Å². The average Bonchev–Trinajstić information content (AvgIpc) is 0.845. The summed E-state index contributed by atoms with van der Waals surface area (Å²) in [7, 11) is 0. The van der Waals surface area contributed by atoms with Crippen molar-refractivity contribution >= 4 is 104 Å². The van der Waals surface area contributed by atoms with Crippen LogP contribution in [0, 0.1) is 26.6 Å². The van der Waals surface area contributed by atoms with Crippen LogP contribution in [-0.4, -0.2) is 53.5 Å². The van der Waals surface area contributed by atoms with E-state index in [-0.39, 0.29) is 23.3 Å². The molecule has 19 nitrogen and oxygen atoms in total. The van der Waals surface area contributed by atoms with Gasteiger partial charge in [0.25, 0.3) is 17.7 Å². The monoisotopic (exact) mass is 1390 g/mol. The van der Waals surface area contributed by atoms with Gasteiger partial charge in [0.15, 0.2) is 0 Å². The van der Waals surface area contributed by atoms with E-state index in [0.717, 1.165) is 55.8 Å². The number of halogens is 2. The summed E-state index contributed by atoms with van der Waals surface area (Å²) in [6.07, 6.45) is 14.0. The third kappa shape index (κ3) is 21.8. The largest absolute Gasteiger partial charge is 0.399 e. The van der Waals surface area contributed by atoms with Crippen LogP contribution < -0.4 is 49.1 Å². The topological polar surface area (TPSA) is 296 Å². The standard InChI is InChI=1S/C28H25N5O2.C27H24ClN5O.C27H24FN5O/c1-19-10-12-23(32-27(34)13-11-20-6-3-2-4-7-20)16-25(19)28(35)33-24-17-30-26(31-18-24)15-21-8-5-9-22(29)14-21;2*1-17-5-3-7-20(11-17)18(2)32-22-9-10-25(28)24(14-22)27(34)33-23-15-30-26(31-16-23)13-19-6-4-8-21(29)12-19/h2-14,16-18H,15,29H2,1H3,(H,32,34)(H,33,35);2*3-12,14-16,32H,2,13,29H2,1H3,(H,33,34)/b13-11+;;. The van der Waals surface area contributed by atoms with E-state index < -0.39 is 11.7 Å². The molecule has 12 rings (SSSR count). The van der Waals surface area contributed by atoms with Crippen molar-refractivity contribution in [1.82, 2.24) is 29.9 Å². The molecule has 0 saturated heterocycles. The molecule has 0 spiro atoms. The molecule has 0 aliphatic heterocycles. The Kier molecular flexibility index (Phi) is 24.5. The molecule has 103 heavy (non-hydrogen) atoms. The number of nitrogens with two attached hydrogens (primary N) is 3. The number of hydrogen-bond donors (Lipinski definition) is 9. The molecule has 514 valence electrons. The van der Waals surface area contributed by atoms with Gasteiger partial charge in [-0.05, 0) is 163 Å². The van der Waals surface area contributed by atoms with Crippen LogP contribution in [0.2, 0.25) is 5.02 Å². The number of aryl methyl sites for hydroxylation is 3. The lowest BCUT2D eigenvalue weighted by atomic mass is 10.1. The summed E-state index contributed by atoms with van der Waals surface area (Å²) in [5.41, 5.74) is 33.4. The molecular formula is C82H73ClFN15O4. The van der Waals surface area contributed by atoms with Crippen molar-refractivity contribution in [3.8, 4) is 0 Å². The molecule has 0 aliphatic carbocycles. The fourth-order valence-electron chi connectivity index (χ4n) is 10.4. The van der Waals surface area contributed by atoms with E-state index in [2.05, 4.69) is 75.0 Å². The Balaban J connectivity index is 0.000000166. The number of carbonyl (C=O) groups excluding carboxylic acids is 4. The number of nitrogens with zero attached hydrogens (tertiary/aromatic N) is 6. The summed E-state index contributed by atoms with van der Waals surface area (Å²) in [5.74, 6) is -0.366. The van der Waals surface area contributed by atoms with Gasteiger partial charge in [-0.3, -0.25) is 19.2 Å². The van der Waals surface area contributed by atoms with Gasteiger partial charge in [0.05, 0.1) is 70.4 Å². The summed E-state index contributed by atoms with van der Waals surface area (Å²) in [5, 5.41) is 17.8.